The summed E-state index contributed by atoms with van der Waals surface area (Å²) in [5, 5.41) is 0. The van der Waals surface area contributed by atoms with Gasteiger partial charge < -0.3 is 19.3 Å². The highest BCUT2D eigenvalue weighted by atomic mass is 16.5. The number of ether oxygens (including phenoxy) is 2. The van der Waals surface area contributed by atoms with Crippen LogP contribution in [0.25, 0.3) is 0 Å². The van der Waals surface area contributed by atoms with Crippen molar-refractivity contribution in [2.75, 3.05) is 46.0 Å². The smallest absolute Gasteiger partial charge is 0.320 e. The molecule has 3 saturated heterocycles. The highest BCUT2D eigenvalue weighted by Gasteiger charge is 2.47. The van der Waals surface area contributed by atoms with Crippen LogP contribution in [0, 0.1) is 5.41 Å². The quantitative estimate of drug-likeness (QED) is 0.591. The summed E-state index contributed by atoms with van der Waals surface area (Å²) in [5.74, 6) is 0. The van der Waals surface area contributed by atoms with Gasteiger partial charge in [-0.3, -0.25) is 0 Å². The highest BCUT2D eigenvalue weighted by molar-refractivity contribution is 5.75. The average molecular weight is 308 g/mol. The molecule has 22 heavy (non-hydrogen) atoms. The second kappa shape index (κ2) is 7.01. The molecule has 5 nitrogen and oxygen atoms in total. The largest absolute Gasteiger partial charge is 0.377 e. The molecule has 2 amide bonds. The molecular formula is C17H28N2O3. The fourth-order valence-electron chi connectivity index (χ4n) is 4.12. The summed E-state index contributed by atoms with van der Waals surface area (Å²) in [6.45, 7) is 9.18. The standard InChI is InChI=1S/C17H28N2O3/c1-2-11-21-14-17-7-5-12-22-15(17)6-10-19(13-17)16(20)18-8-3-4-9-18/h2,15H,1,3-14H2/t15-,17+/m1/s1. The van der Waals surface area contributed by atoms with Gasteiger partial charge in [-0.05, 0) is 32.1 Å². The predicted octanol–water partition coefficient (Wildman–Crippen LogP) is 2.28. The minimum atomic E-state index is -0.0328. The molecule has 0 aromatic rings. The zero-order valence-electron chi connectivity index (χ0n) is 13.5. The fraction of sp³-hybridized carbons (Fsp3) is 0.824. The van der Waals surface area contributed by atoms with E-state index in [9.17, 15) is 4.79 Å². The van der Waals surface area contributed by atoms with Gasteiger partial charge in [0.05, 0.1) is 19.3 Å². The monoisotopic (exact) mass is 308 g/mol. The van der Waals surface area contributed by atoms with E-state index in [1.165, 1.54) is 0 Å². The number of nitrogens with zero attached hydrogens (tertiary/aromatic N) is 2. The fourth-order valence-corrected chi connectivity index (χ4v) is 4.12. The van der Waals surface area contributed by atoms with Crippen LogP contribution in [0.15, 0.2) is 12.7 Å². The van der Waals surface area contributed by atoms with Gasteiger partial charge in [0.1, 0.15) is 0 Å². The molecule has 0 spiro atoms. The van der Waals surface area contributed by atoms with E-state index in [1.807, 2.05) is 9.80 Å². The molecule has 124 valence electrons. The minimum absolute atomic E-state index is 0.0328. The van der Waals surface area contributed by atoms with Crippen LogP contribution in [0.3, 0.4) is 0 Å². The maximum atomic E-state index is 12.7. The third-order valence-corrected chi connectivity index (χ3v) is 5.26. The van der Waals surface area contributed by atoms with Crippen LogP contribution in [-0.4, -0.2) is 67.9 Å². The number of rotatable bonds is 4. The van der Waals surface area contributed by atoms with Crippen LogP contribution in [0.1, 0.15) is 32.1 Å². The molecule has 3 aliphatic rings. The SMILES string of the molecule is C=CCOC[C@@]12CCCO[C@@H]1CCN(C(=O)N1CCCC1)C2. The lowest BCUT2D eigenvalue weighted by molar-refractivity contribution is -0.145. The van der Waals surface area contributed by atoms with E-state index in [2.05, 4.69) is 6.58 Å². The van der Waals surface area contributed by atoms with Gasteiger partial charge in [0.25, 0.3) is 0 Å². The lowest BCUT2D eigenvalue weighted by Crippen LogP contribution is -2.59. The summed E-state index contributed by atoms with van der Waals surface area (Å²) in [7, 11) is 0. The Kier molecular flexibility index (Phi) is 5.03. The van der Waals surface area contributed by atoms with Gasteiger partial charge in [0.2, 0.25) is 0 Å². The summed E-state index contributed by atoms with van der Waals surface area (Å²) in [4.78, 5) is 16.7. The van der Waals surface area contributed by atoms with Gasteiger partial charge in [-0.25, -0.2) is 4.79 Å². The van der Waals surface area contributed by atoms with E-state index in [-0.39, 0.29) is 17.6 Å². The van der Waals surface area contributed by atoms with Crippen molar-refractivity contribution in [2.24, 2.45) is 5.41 Å². The molecule has 2 atom stereocenters. The third-order valence-electron chi connectivity index (χ3n) is 5.26. The molecule has 0 saturated carbocycles. The molecule has 3 heterocycles. The summed E-state index contributed by atoms with van der Waals surface area (Å²) in [6, 6.07) is 0.213. The number of fused-ring (bicyclic) bond motifs is 1. The highest BCUT2D eigenvalue weighted by Crippen LogP contribution is 2.40. The molecule has 0 radical (unpaired) electrons. The molecule has 0 aromatic heterocycles. The molecule has 3 aliphatic heterocycles. The number of hydrogen-bond acceptors (Lipinski definition) is 3. The molecular weight excluding hydrogens is 280 g/mol. The first-order valence-electron chi connectivity index (χ1n) is 8.59. The maximum absolute atomic E-state index is 12.7. The van der Waals surface area contributed by atoms with Crippen molar-refractivity contribution in [3.05, 3.63) is 12.7 Å². The molecule has 5 heteroatoms. The normalized spacial score (nSPS) is 31.9. The van der Waals surface area contributed by atoms with Gasteiger partial charge in [-0.15, -0.1) is 6.58 Å². The van der Waals surface area contributed by atoms with Gasteiger partial charge >= 0.3 is 6.03 Å². The Labute approximate surface area is 133 Å². The Morgan fingerprint density at radius 3 is 2.86 bits per heavy atom. The van der Waals surface area contributed by atoms with Gasteiger partial charge in [-0.2, -0.15) is 0 Å². The van der Waals surface area contributed by atoms with Crippen molar-refractivity contribution in [3.63, 3.8) is 0 Å². The Bertz CT molecular complexity index is 409. The van der Waals surface area contributed by atoms with Crippen molar-refractivity contribution < 1.29 is 14.3 Å². The summed E-state index contributed by atoms with van der Waals surface area (Å²) in [6.07, 6.45) is 7.35. The van der Waals surface area contributed by atoms with Crippen LogP contribution >= 0.6 is 0 Å². The number of urea groups is 1. The molecule has 3 rings (SSSR count). The van der Waals surface area contributed by atoms with E-state index in [0.717, 1.165) is 64.9 Å². The molecule has 0 aromatic carbocycles. The number of carbonyl (C=O) groups is 1. The minimum Gasteiger partial charge on any atom is -0.377 e. The van der Waals surface area contributed by atoms with Crippen LogP contribution in [0.4, 0.5) is 4.79 Å². The zero-order chi connectivity index (χ0) is 15.4. The van der Waals surface area contributed by atoms with Crippen molar-refractivity contribution in [3.8, 4) is 0 Å². The molecule has 0 aliphatic carbocycles. The summed E-state index contributed by atoms with van der Waals surface area (Å²) < 4.78 is 11.8. The van der Waals surface area contributed by atoms with Crippen LogP contribution in [-0.2, 0) is 9.47 Å². The maximum Gasteiger partial charge on any atom is 0.320 e. The average Bonchev–Trinajstić information content (AvgIpc) is 3.08. The van der Waals surface area contributed by atoms with Crippen molar-refractivity contribution in [1.82, 2.24) is 9.80 Å². The first kappa shape index (κ1) is 15.8. The predicted molar refractivity (Wildman–Crippen MR) is 84.8 cm³/mol. The number of amides is 2. The number of piperidine rings is 1. The first-order chi connectivity index (χ1) is 10.7. The van der Waals surface area contributed by atoms with Crippen LogP contribution < -0.4 is 0 Å². The zero-order valence-corrected chi connectivity index (χ0v) is 13.5. The number of likely N-dealkylation sites (tertiary alicyclic amines) is 2. The third kappa shape index (κ3) is 3.15. The molecule has 0 unspecified atom stereocenters. The van der Waals surface area contributed by atoms with Crippen molar-refractivity contribution in [2.45, 2.75) is 38.2 Å². The van der Waals surface area contributed by atoms with E-state index in [1.54, 1.807) is 6.08 Å². The Hall–Kier alpha value is -1.07. The summed E-state index contributed by atoms with van der Waals surface area (Å²) in [5.41, 5.74) is -0.0328. The Balaban J connectivity index is 1.68. The van der Waals surface area contributed by atoms with Crippen LogP contribution in [0.5, 0.6) is 0 Å². The second-order valence-corrected chi connectivity index (χ2v) is 6.82. The number of carbonyl (C=O) groups excluding carboxylic acids is 1. The van der Waals surface area contributed by atoms with Crippen LogP contribution in [0.2, 0.25) is 0 Å². The molecule has 0 N–H and O–H groups in total. The molecule has 3 fully saturated rings. The molecule has 0 bridgehead atoms. The van der Waals surface area contributed by atoms with E-state index in [4.69, 9.17) is 9.47 Å². The second-order valence-electron chi connectivity index (χ2n) is 6.82. The first-order valence-corrected chi connectivity index (χ1v) is 8.59. The Morgan fingerprint density at radius 1 is 1.27 bits per heavy atom. The van der Waals surface area contributed by atoms with Gasteiger partial charge in [0.15, 0.2) is 0 Å². The van der Waals surface area contributed by atoms with Crippen molar-refractivity contribution in [1.29, 1.82) is 0 Å². The Morgan fingerprint density at radius 2 is 2.09 bits per heavy atom. The number of hydrogen-bond donors (Lipinski definition) is 0. The lowest BCUT2D eigenvalue weighted by Gasteiger charge is -2.50. The van der Waals surface area contributed by atoms with Gasteiger partial charge in [0, 0.05) is 38.2 Å². The van der Waals surface area contributed by atoms with Crippen molar-refractivity contribution >= 4 is 6.03 Å². The summed E-state index contributed by atoms with van der Waals surface area (Å²) >= 11 is 0. The van der Waals surface area contributed by atoms with Gasteiger partial charge in [-0.1, -0.05) is 6.08 Å². The van der Waals surface area contributed by atoms with E-state index >= 15 is 0 Å². The van der Waals surface area contributed by atoms with E-state index < -0.39 is 0 Å². The lowest BCUT2D eigenvalue weighted by atomic mass is 9.73. The van der Waals surface area contributed by atoms with E-state index in [0.29, 0.717) is 13.2 Å². The topological polar surface area (TPSA) is 42.0 Å².